The van der Waals surface area contributed by atoms with Gasteiger partial charge in [0.1, 0.15) is 5.82 Å². The Bertz CT molecular complexity index is 807. The van der Waals surface area contributed by atoms with E-state index in [1.165, 1.54) is 19.3 Å². The monoisotopic (exact) mass is 383 g/mol. The summed E-state index contributed by atoms with van der Waals surface area (Å²) in [5, 5.41) is 14.7. The van der Waals surface area contributed by atoms with Crippen LogP contribution in [-0.2, 0) is 6.54 Å². The molecule has 0 aromatic carbocycles. The molecule has 4 heterocycles. The molecule has 2 saturated heterocycles. The van der Waals surface area contributed by atoms with Gasteiger partial charge in [0.25, 0.3) is 5.91 Å². The first-order valence-electron chi connectivity index (χ1n) is 10.3. The van der Waals surface area contributed by atoms with Crippen molar-refractivity contribution < 1.29 is 4.79 Å². The Kier molecular flexibility index (Phi) is 5.85. The van der Waals surface area contributed by atoms with E-state index in [0.29, 0.717) is 18.3 Å². The molecule has 4 rings (SSSR count). The Hall–Kier alpha value is -2.48. The van der Waals surface area contributed by atoms with Gasteiger partial charge < -0.3 is 15.5 Å². The van der Waals surface area contributed by atoms with E-state index in [9.17, 15) is 4.79 Å². The van der Waals surface area contributed by atoms with Crippen molar-refractivity contribution in [2.24, 2.45) is 0 Å². The Balaban J connectivity index is 1.39. The Morgan fingerprint density at radius 2 is 2.04 bits per heavy atom. The van der Waals surface area contributed by atoms with Gasteiger partial charge in [-0.15, -0.1) is 5.10 Å². The van der Waals surface area contributed by atoms with Crippen molar-refractivity contribution in [2.75, 3.05) is 31.1 Å². The number of carbonyl (C=O) groups is 1. The van der Waals surface area contributed by atoms with Crippen LogP contribution < -0.4 is 15.5 Å². The van der Waals surface area contributed by atoms with E-state index in [1.807, 2.05) is 23.9 Å². The van der Waals surface area contributed by atoms with Crippen LogP contribution in [0.15, 0.2) is 18.3 Å². The number of anilines is 1. The maximum absolute atomic E-state index is 12.7. The van der Waals surface area contributed by atoms with Crippen LogP contribution in [0.5, 0.6) is 0 Å². The van der Waals surface area contributed by atoms with Crippen LogP contribution in [0.25, 0.3) is 0 Å². The third-order valence-corrected chi connectivity index (χ3v) is 5.74. The van der Waals surface area contributed by atoms with Crippen LogP contribution in [0.2, 0.25) is 0 Å². The Labute approximate surface area is 165 Å². The number of aromatic nitrogens is 4. The fourth-order valence-corrected chi connectivity index (χ4v) is 4.08. The topological polar surface area (TPSA) is 88.0 Å². The Morgan fingerprint density at radius 3 is 2.82 bits per heavy atom. The second-order valence-corrected chi connectivity index (χ2v) is 7.70. The van der Waals surface area contributed by atoms with E-state index >= 15 is 0 Å². The van der Waals surface area contributed by atoms with Crippen LogP contribution in [0, 0.1) is 6.92 Å². The van der Waals surface area contributed by atoms with Crippen molar-refractivity contribution in [1.29, 1.82) is 0 Å². The predicted molar refractivity (Wildman–Crippen MR) is 107 cm³/mol. The van der Waals surface area contributed by atoms with E-state index < -0.39 is 0 Å². The summed E-state index contributed by atoms with van der Waals surface area (Å²) in [5.74, 6) is 0.827. The molecule has 0 atom stereocenters. The number of pyridine rings is 1. The zero-order valence-corrected chi connectivity index (χ0v) is 16.5. The summed E-state index contributed by atoms with van der Waals surface area (Å²) in [6, 6.07) is 4.35. The van der Waals surface area contributed by atoms with Crippen LogP contribution >= 0.6 is 0 Å². The van der Waals surface area contributed by atoms with Gasteiger partial charge in [-0.2, -0.15) is 0 Å². The predicted octanol–water partition coefficient (Wildman–Crippen LogP) is 1.83. The zero-order valence-electron chi connectivity index (χ0n) is 16.5. The van der Waals surface area contributed by atoms with Crippen molar-refractivity contribution in [3.8, 4) is 0 Å². The van der Waals surface area contributed by atoms with E-state index in [4.69, 9.17) is 0 Å². The van der Waals surface area contributed by atoms with Crippen molar-refractivity contribution in [3.63, 3.8) is 0 Å². The number of hydrogen-bond acceptors (Lipinski definition) is 6. The lowest BCUT2D eigenvalue weighted by molar-refractivity contribution is 0.0945. The maximum atomic E-state index is 12.7. The van der Waals surface area contributed by atoms with Gasteiger partial charge in [-0.1, -0.05) is 5.21 Å². The molecule has 2 aromatic heterocycles. The summed E-state index contributed by atoms with van der Waals surface area (Å²) in [7, 11) is 0. The highest BCUT2D eigenvalue weighted by Gasteiger charge is 2.22. The highest BCUT2D eigenvalue weighted by atomic mass is 16.2. The lowest BCUT2D eigenvalue weighted by Crippen LogP contribution is -2.31. The minimum Gasteiger partial charge on any atom is -0.357 e. The van der Waals surface area contributed by atoms with Gasteiger partial charge in [-0.3, -0.25) is 4.79 Å². The summed E-state index contributed by atoms with van der Waals surface area (Å²) in [6.07, 6.45) is 7.58. The third-order valence-electron chi connectivity index (χ3n) is 5.74. The molecule has 1 amide bonds. The number of rotatable bonds is 5. The molecule has 2 aliphatic rings. The number of nitrogens with one attached hydrogen (secondary N) is 2. The summed E-state index contributed by atoms with van der Waals surface area (Å²) in [4.78, 5) is 19.5. The average molecular weight is 384 g/mol. The van der Waals surface area contributed by atoms with E-state index in [0.717, 1.165) is 56.1 Å². The molecular weight excluding hydrogens is 354 g/mol. The molecule has 2 N–H and O–H groups in total. The van der Waals surface area contributed by atoms with Crippen molar-refractivity contribution in [3.05, 3.63) is 35.3 Å². The molecule has 0 saturated carbocycles. The third kappa shape index (κ3) is 4.16. The molecule has 150 valence electrons. The van der Waals surface area contributed by atoms with E-state index in [2.05, 4.69) is 36.9 Å². The van der Waals surface area contributed by atoms with Gasteiger partial charge in [-0.05, 0) is 69.8 Å². The van der Waals surface area contributed by atoms with Gasteiger partial charge >= 0.3 is 0 Å². The molecular formula is C20H29N7O. The minimum atomic E-state index is -0.172. The molecule has 2 aromatic rings. The molecule has 8 nitrogen and oxygen atoms in total. The quantitative estimate of drug-likeness (QED) is 0.819. The first-order valence-corrected chi connectivity index (χ1v) is 10.3. The summed E-state index contributed by atoms with van der Waals surface area (Å²) in [6.45, 7) is 6.46. The van der Waals surface area contributed by atoms with Crippen LogP contribution in [0.4, 0.5) is 5.82 Å². The normalized spacial score (nSPS) is 18.2. The first kappa shape index (κ1) is 18.9. The largest absolute Gasteiger partial charge is 0.357 e. The molecule has 0 radical (unpaired) electrons. The number of carbonyl (C=O) groups excluding carboxylic acids is 1. The number of nitrogens with zero attached hydrogens (tertiary/aromatic N) is 5. The zero-order chi connectivity index (χ0) is 19.3. The lowest BCUT2D eigenvalue weighted by atomic mass is 10.1. The van der Waals surface area contributed by atoms with Crippen molar-refractivity contribution in [1.82, 2.24) is 30.6 Å². The summed E-state index contributed by atoms with van der Waals surface area (Å²) >= 11 is 0. The molecule has 0 unspecified atom stereocenters. The molecule has 2 fully saturated rings. The van der Waals surface area contributed by atoms with Gasteiger partial charge in [-0.25, -0.2) is 9.67 Å². The molecule has 28 heavy (non-hydrogen) atoms. The summed E-state index contributed by atoms with van der Waals surface area (Å²) < 4.78 is 1.91. The second-order valence-electron chi connectivity index (χ2n) is 7.70. The fourth-order valence-electron chi connectivity index (χ4n) is 4.08. The van der Waals surface area contributed by atoms with E-state index in [1.54, 1.807) is 0 Å². The molecule has 8 heteroatoms. The number of piperidine rings is 2. The summed E-state index contributed by atoms with van der Waals surface area (Å²) in [5.41, 5.74) is 2.31. The van der Waals surface area contributed by atoms with Crippen LogP contribution in [0.1, 0.15) is 59.9 Å². The highest BCUT2D eigenvalue weighted by Crippen LogP contribution is 2.21. The number of hydrogen-bond donors (Lipinski definition) is 2. The average Bonchev–Trinajstić information content (AvgIpc) is 3.15. The van der Waals surface area contributed by atoms with Gasteiger partial charge in [0, 0.05) is 25.8 Å². The van der Waals surface area contributed by atoms with Crippen LogP contribution in [0.3, 0.4) is 0 Å². The lowest BCUT2D eigenvalue weighted by Gasteiger charge is -2.27. The van der Waals surface area contributed by atoms with Gasteiger partial charge in [0.05, 0.1) is 11.7 Å². The van der Waals surface area contributed by atoms with Crippen molar-refractivity contribution >= 4 is 11.7 Å². The maximum Gasteiger partial charge on any atom is 0.274 e. The highest BCUT2D eigenvalue weighted by molar-refractivity contribution is 5.93. The first-order chi connectivity index (χ1) is 13.7. The standard InChI is InChI=1S/C20H29N7O/c1-15-19(24-25-27(15)17-6-8-21-9-7-17)20(28)23-14-16-5-10-22-18(13-16)26-11-3-2-4-12-26/h5,10,13,17,21H,2-4,6-9,11-12,14H2,1H3,(H,23,28). The fraction of sp³-hybridized carbons (Fsp3) is 0.600. The second kappa shape index (κ2) is 8.68. The van der Waals surface area contributed by atoms with E-state index in [-0.39, 0.29) is 5.91 Å². The molecule has 0 aliphatic carbocycles. The number of amides is 1. The molecule has 2 aliphatic heterocycles. The van der Waals surface area contributed by atoms with Crippen molar-refractivity contribution in [2.45, 2.75) is 51.6 Å². The Morgan fingerprint density at radius 1 is 1.25 bits per heavy atom. The van der Waals surface area contributed by atoms with Gasteiger partial charge in [0.2, 0.25) is 0 Å². The SMILES string of the molecule is Cc1c(C(=O)NCc2ccnc(N3CCCCC3)c2)nnn1C1CCNCC1. The minimum absolute atomic E-state index is 0.172. The molecule has 0 spiro atoms. The van der Waals surface area contributed by atoms with Gasteiger partial charge in [0.15, 0.2) is 5.69 Å². The van der Waals surface area contributed by atoms with Crippen LogP contribution in [-0.4, -0.2) is 52.1 Å². The smallest absolute Gasteiger partial charge is 0.274 e. The molecule has 0 bridgehead atoms.